The Balaban J connectivity index is 2.13. The summed E-state index contributed by atoms with van der Waals surface area (Å²) in [4.78, 5) is 6.49. The van der Waals surface area contributed by atoms with E-state index in [9.17, 15) is 5.26 Å². The van der Waals surface area contributed by atoms with Gasteiger partial charge in [-0.2, -0.15) is 5.26 Å². The number of morpholine rings is 1. The van der Waals surface area contributed by atoms with E-state index in [1.807, 2.05) is 12.3 Å². The second kappa shape index (κ2) is 4.71. The molecule has 1 saturated heterocycles. The molecule has 1 unspecified atom stereocenters. The Kier molecular flexibility index (Phi) is 3.31. The van der Waals surface area contributed by atoms with Crippen molar-refractivity contribution >= 4 is 11.3 Å². The lowest BCUT2D eigenvalue weighted by Gasteiger charge is -2.29. The molecule has 1 aliphatic rings. The van der Waals surface area contributed by atoms with Crippen LogP contribution in [0.4, 0.5) is 0 Å². The van der Waals surface area contributed by atoms with E-state index >= 15 is 0 Å². The molecule has 1 aromatic heterocycles. The van der Waals surface area contributed by atoms with Gasteiger partial charge in [0.1, 0.15) is 6.04 Å². The van der Waals surface area contributed by atoms with Crippen LogP contribution in [0.2, 0.25) is 0 Å². The van der Waals surface area contributed by atoms with Gasteiger partial charge in [-0.3, -0.25) is 4.90 Å². The molecule has 0 N–H and O–H groups in total. The minimum absolute atomic E-state index is 0.209. The second-order valence-corrected chi connectivity index (χ2v) is 4.53. The quantitative estimate of drug-likeness (QED) is 0.759. The SMILES string of the molecule is Cc1nc(C(C#N)N2CCOCC2)cs1. The van der Waals surface area contributed by atoms with Crippen molar-refractivity contribution in [2.75, 3.05) is 26.3 Å². The molecule has 2 rings (SSSR count). The van der Waals surface area contributed by atoms with Crippen LogP contribution < -0.4 is 0 Å². The van der Waals surface area contributed by atoms with Crippen molar-refractivity contribution in [1.82, 2.24) is 9.88 Å². The van der Waals surface area contributed by atoms with Crippen LogP contribution in [0.5, 0.6) is 0 Å². The molecule has 2 heterocycles. The van der Waals surface area contributed by atoms with Gasteiger partial charge in [0.05, 0.1) is 30.0 Å². The summed E-state index contributed by atoms with van der Waals surface area (Å²) in [6.07, 6.45) is 0. The van der Waals surface area contributed by atoms with E-state index in [4.69, 9.17) is 4.74 Å². The van der Waals surface area contributed by atoms with Crippen LogP contribution in [-0.2, 0) is 4.74 Å². The first kappa shape index (κ1) is 10.6. The number of nitriles is 1. The van der Waals surface area contributed by atoms with Crippen LogP contribution in [0.25, 0.3) is 0 Å². The van der Waals surface area contributed by atoms with E-state index < -0.39 is 0 Å². The third kappa shape index (κ3) is 2.34. The summed E-state index contributed by atoms with van der Waals surface area (Å²) in [7, 11) is 0. The van der Waals surface area contributed by atoms with Gasteiger partial charge < -0.3 is 4.74 Å². The Hall–Kier alpha value is -0.960. The number of nitrogens with zero attached hydrogens (tertiary/aromatic N) is 3. The molecule has 0 aliphatic carbocycles. The minimum atomic E-state index is -0.209. The molecule has 0 bridgehead atoms. The Labute approximate surface area is 93.1 Å². The Bertz CT molecular complexity index is 365. The van der Waals surface area contributed by atoms with Crippen molar-refractivity contribution in [2.45, 2.75) is 13.0 Å². The maximum Gasteiger partial charge on any atom is 0.141 e. The summed E-state index contributed by atoms with van der Waals surface area (Å²) in [6.45, 7) is 5.01. The molecule has 0 spiro atoms. The van der Waals surface area contributed by atoms with E-state index in [1.54, 1.807) is 11.3 Å². The van der Waals surface area contributed by atoms with Gasteiger partial charge in [0.25, 0.3) is 0 Å². The predicted molar refractivity (Wildman–Crippen MR) is 57.6 cm³/mol. The smallest absolute Gasteiger partial charge is 0.141 e. The molecule has 80 valence electrons. The fraction of sp³-hybridized carbons (Fsp3) is 0.600. The van der Waals surface area contributed by atoms with Crippen molar-refractivity contribution in [2.24, 2.45) is 0 Å². The number of hydrogen-bond acceptors (Lipinski definition) is 5. The minimum Gasteiger partial charge on any atom is -0.379 e. The Morgan fingerprint density at radius 1 is 1.60 bits per heavy atom. The molecule has 1 aromatic rings. The van der Waals surface area contributed by atoms with Crippen molar-refractivity contribution in [3.05, 3.63) is 16.1 Å². The fourth-order valence-electron chi connectivity index (χ4n) is 1.68. The van der Waals surface area contributed by atoms with E-state index in [2.05, 4.69) is 16.0 Å². The van der Waals surface area contributed by atoms with Crippen LogP contribution >= 0.6 is 11.3 Å². The molecule has 0 amide bonds. The van der Waals surface area contributed by atoms with E-state index in [-0.39, 0.29) is 6.04 Å². The van der Waals surface area contributed by atoms with Gasteiger partial charge in [0, 0.05) is 18.5 Å². The number of hydrogen-bond donors (Lipinski definition) is 0. The summed E-state index contributed by atoms with van der Waals surface area (Å²) in [5, 5.41) is 12.2. The highest BCUT2D eigenvalue weighted by atomic mass is 32.1. The summed E-state index contributed by atoms with van der Waals surface area (Å²) >= 11 is 1.59. The van der Waals surface area contributed by atoms with Crippen molar-refractivity contribution in [3.8, 4) is 6.07 Å². The largest absolute Gasteiger partial charge is 0.379 e. The monoisotopic (exact) mass is 223 g/mol. The maximum absolute atomic E-state index is 9.17. The number of thiazole rings is 1. The molecule has 0 saturated carbocycles. The Morgan fingerprint density at radius 2 is 2.33 bits per heavy atom. The van der Waals surface area contributed by atoms with Crippen LogP contribution in [0.15, 0.2) is 5.38 Å². The number of aromatic nitrogens is 1. The van der Waals surface area contributed by atoms with Gasteiger partial charge in [0.15, 0.2) is 0 Å². The third-order valence-electron chi connectivity index (χ3n) is 2.45. The van der Waals surface area contributed by atoms with Crippen LogP contribution in [0.3, 0.4) is 0 Å². The first-order valence-electron chi connectivity index (χ1n) is 4.94. The van der Waals surface area contributed by atoms with Gasteiger partial charge >= 0.3 is 0 Å². The van der Waals surface area contributed by atoms with E-state index in [1.165, 1.54) is 0 Å². The molecule has 0 aromatic carbocycles. The van der Waals surface area contributed by atoms with Crippen LogP contribution in [0, 0.1) is 18.3 Å². The van der Waals surface area contributed by atoms with Crippen molar-refractivity contribution in [1.29, 1.82) is 5.26 Å². The molecule has 4 nitrogen and oxygen atoms in total. The predicted octanol–water partition coefficient (Wildman–Crippen LogP) is 1.35. The van der Waals surface area contributed by atoms with E-state index in [0.29, 0.717) is 13.2 Å². The molecule has 1 fully saturated rings. The molecular weight excluding hydrogens is 210 g/mol. The fourth-order valence-corrected chi connectivity index (χ4v) is 2.31. The zero-order valence-corrected chi connectivity index (χ0v) is 9.46. The molecule has 5 heteroatoms. The van der Waals surface area contributed by atoms with Gasteiger partial charge in [-0.1, -0.05) is 0 Å². The highest BCUT2D eigenvalue weighted by Gasteiger charge is 2.23. The average molecular weight is 223 g/mol. The standard InChI is InChI=1S/C10H13N3OS/c1-8-12-9(7-15-8)10(6-11)13-2-4-14-5-3-13/h7,10H,2-5H2,1H3. The second-order valence-electron chi connectivity index (χ2n) is 3.47. The molecule has 15 heavy (non-hydrogen) atoms. The molecule has 0 radical (unpaired) electrons. The zero-order chi connectivity index (χ0) is 10.7. The average Bonchev–Trinajstić information content (AvgIpc) is 2.68. The topological polar surface area (TPSA) is 49.2 Å². The lowest BCUT2D eigenvalue weighted by atomic mass is 10.2. The maximum atomic E-state index is 9.17. The first-order chi connectivity index (χ1) is 7.31. The summed E-state index contributed by atoms with van der Waals surface area (Å²) in [5.74, 6) is 0. The summed E-state index contributed by atoms with van der Waals surface area (Å²) < 4.78 is 5.27. The number of aryl methyl sites for hydroxylation is 1. The van der Waals surface area contributed by atoms with Gasteiger partial charge in [0.2, 0.25) is 0 Å². The van der Waals surface area contributed by atoms with Gasteiger partial charge in [-0.15, -0.1) is 11.3 Å². The number of ether oxygens (including phenoxy) is 1. The molecular formula is C10H13N3OS. The van der Waals surface area contributed by atoms with Crippen LogP contribution in [0.1, 0.15) is 16.7 Å². The number of rotatable bonds is 2. The molecule has 1 aliphatic heterocycles. The van der Waals surface area contributed by atoms with Gasteiger partial charge in [-0.05, 0) is 6.92 Å². The normalized spacial score (nSPS) is 19.7. The van der Waals surface area contributed by atoms with Gasteiger partial charge in [-0.25, -0.2) is 4.98 Å². The summed E-state index contributed by atoms with van der Waals surface area (Å²) in [6, 6.07) is 2.11. The van der Waals surface area contributed by atoms with Crippen molar-refractivity contribution in [3.63, 3.8) is 0 Å². The summed E-state index contributed by atoms with van der Waals surface area (Å²) in [5.41, 5.74) is 0.877. The first-order valence-corrected chi connectivity index (χ1v) is 5.82. The van der Waals surface area contributed by atoms with E-state index in [0.717, 1.165) is 23.8 Å². The van der Waals surface area contributed by atoms with Crippen molar-refractivity contribution < 1.29 is 4.74 Å². The molecule has 1 atom stereocenters. The Morgan fingerprint density at radius 3 is 2.87 bits per heavy atom. The third-order valence-corrected chi connectivity index (χ3v) is 3.24. The lowest BCUT2D eigenvalue weighted by Crippen LogP contribution is -2.38. The highest BCUT2D eigenvalue weighted by molar-refractivity contribution is 7.09. The lowest BCUT2D eigenvalue weighted by molar-refractivity contribution is 0.0260. The zero-order valence-electron chi connectivity index (χ0n) is 8.64. The van der Waals surface area contributed by atoms with Crippen LogP contribution in [-0.4, -0.2) is 36.2 Å². The highest BCUT2D eigenvalue weighted by Crippen LogP contribution is 2.22.